The molecular weight excluding hydrogens is 490 g/mol. The number of H-pyrrole nitrogens is 1. The molecule has 0 fully saturated rings. The largest absolute Gasteiger partial charge is 0.497 e. The summed E-state index contributed by atoms with van der Waals surface area (Å²) in [6, 6.07) is 21.3. The van der Waals surface area contributed by atoms with Crippen molar-refractivity contribution in [3.05, 3.63) is 96.1 Å². The maximum atomic E-state index is 14.3. The van der Waals surface area contributed by atoms with Gasteiger partial charge in [0.25, 0.3) is 11.8 Å². The summed E-state index contributed by atoms with van der Waals surface area (Å²) in [5, 5.41) is 3.38. The average Bonchev–Trinajstić information content (AvgIpc) is 3.58. The molecule has 0 radical (unpaired) electrons. The number of benzene rings is 4. The second-order valence-corrected chi connectivity index (χ2v) is 9.68. The molecule has 2 amide bonds. The number of rotatable bonds is 6. The summed E-state index contributed by atoms with van der Waals surface area (Å²) in [6.07, 6.45) is 1.85. The summed E-state index contributed by atoms with van der Waals surface area (Å²) in [5.74, 6) is 0.558. The van der Waals surface area contributed by atoms with Gasteiger partial charge in [-0.1, -0.05) is 42.5 Å². The number of amides is 2. The number of carbonyl (C=O) groups is 2. The number of nitrogens with zero attached hydrogens (tertiary/aromatic N) is 2. The summed E-state index contributed by atoms with van der Waals surface area (Å²) in [7, 11) is 3.15. The summed E-state index contributed by atoms with van der Waals surface area (Å²) >= 11 is 0. The lowest BCUT2D eigenvalue weighted by Gasteiger charge is -2.17. The molecule has 0 aliphatic carbocycles. The molecule has 0 saturated heterocycles. The second kappa shape index (κ2) is 8.49. The highest BCUT2D eigenvalue weighted by Crippen LogP contribution is 2.45. The number of aromatic nitrogens is 2. The van der Waals surface area contributed by atoms with E-state index in [1.165, 1.54) is 4.90 Å². The quantitative estimate of drug-likeness (QED) is 0.205. The van der Waals surface area contributed by atoms with Crippen LogP contribution in [0.1, 0.15) is 26.3 Å². The molecule has 192 valence electrons. The van der Waals surface area contributed by atoms with Crippen molar-refractivity contribution in [2.45, 2.75) is 13.1 Å². The normalized spacial score (nSPS) is 13.2. The van der Waals surface area contributed by atoms with E-state index in [1.54, 1.807) is 26.4 Å². The molecule has 0 bridgehead atoms. The number of nitrogens with one attached hydrogen (secondary N) is 1. The van der Waals surface area contributed by atoms with Crippen LogP contribution in [0.2, 0.25) is 0 Å². The van der Waals surface area contributed by atoms with Crippen LogP contribution in [0, 0.1) is 0 Å². The van der Waals surface area contributed by atoms with Crippen LogP contribution >= 0.6 is 0 Å². The molecule has 4 aromatic carbocycles. The number of para-hydroxylation sites is 2. The maximum Gasteiger partial charge on any atom is 0.262 e. The smallest absolute Gasteiger partial charge is 0.262 e. The third-order valence-corrected chi connectivity index (χ3v) is 7.72. The van der Waals surface area contributed by atoms with E-state index in [9.17, 15) is 9.59 Å². The van der Waals surface area contributed by atoms with Gasteiger partial charge in [0.15, 0.2) is 0 Å². The van der Waals surface area contributed by atoms with Gasteiger partial charge in [-0.3, -0.25) is 14.5 Å². The third kappa shape index (κ3) is 3.10. The van der Waals surface area contributed by atoms with E-state index in [0.29, 0.717) is 34.7 Å². The molecule has 0 spiro atoms. The minimum absolute atomic E-state index is 0.0795. The highest BCUT2D eigenvalue weighted by molar-refractivity contribution is 6.39. The molecular formula is C32H25N3O4. The van der Waals surface area contributed by atoms with Gasteiger partial charge in [-0.25, -0.2) is 0 Å². The van der Waals surface area contributed by atoms with Crippen LogP contribution in [-0.4, -0.2) is 40.5 Å². The summed E-state index contributed by atoms with van der Waals surface area (Å²) < 4.78 is 13.1. The number of hydrogen-bond acceptors (Lipinski definition) is 4. The summed E-state index contributed by atoms with van der Waals surface area (Å²) in [6.45, 7) is 4.62. The monoisotopic (exact) mass is 515 g/mol. The predicted octanol–water partition coefficient (Wildman–Crippen LogP) is 6.43. The average molecular weight is 516 g/mol. The number of imide groups is 1. The Hall–Kier alpha value is -5.04. The first kappa shape index (κ1) is 23.1. The topological polar surface area (TPSA) is 76.6 Å². The van der Waals surface area contributed by atoms with Crippen molar-refractivity contribution in [3.63, 3.8) is 0 Å². The highest BCUT2D eigenvalue weighted by Gasteiger charge is 2.41. The molecule has 3 heterocycles. The van der Waals surface area contributed by atoms with Gasteiger partial charge in [-0.15, -0.1) is 6.58 Å². The molecule has 0 unspecified atom stereocenters. The van der Waals surface area contributed by atoms with Gasteiger partial charge in [0.2, 0.25) is 0 Å². The van der Waals surface area contributed by atoms with Crippen molar-refractivity contribution in [2.24, 2.45) is 0 Å². The zero-order valence-electron chi connectivity index (χ0n) is 21.6. The van der Waals surface area contributed by atoms with Gasteiger partial charge >= 0.3 is 0 Å². The Kier molecular flexibility index (Phi) is 5.03. The van der Waals surface area contributed by atoms with Crippen molar-refractivity contribution in [1.29, 1.82) is 0 Å². The van der Waals surface area contributed by atoms with E-state index in [0.717, 1.165) is 43.6 Å². The first-order valence-electron chi connectivity index (χ1n) is 12.7. The SMILES string of the molecule is C=CCn1c2ccccc2c2c3c(c4c5ccccc5[nH]c4c21)C(=O)N(Cc1ccc(OC)cc1OC)C3=O. The van der Waals surface area contributed by atoms with Crippen LogP contribution in [0.25, 0.3) is 43.6 Å². The number of allylic oxidation sites excluding steroid dienone is 1. The van der Waals surface area contributed by atoms with E-state index in [4.69, 9.17) is 9.47 Å². The fourth-order valence-electron chi connectivity index (χ4n) is 6.05. The number of hydrogen-bond donors (Lipinski definition) is 1. The van der Waals surface area contributed by atoms with Crippen molar-refractivity contribution >= 4 is 55.4 Å². The van der Waals surface area contributed by atoms with Crippen LogP contribution < -0.4 is 9.47 Å². The van der Waals surface area contributed by atoms with Crippen molar-refractivity contribution in [1.82, 2.24) is 14.5 Å². The predicted molar refractivity (Wildman–Crippen MR) is 153 cm³/mol. The molecule has 39 heavy (non-hydrogen) atoms. The van der Waals surface area contributed by atoms with Gasteiger partial charge in [-0.2, -0.15) is 0 Å². The number of carbonyl (C=O) groups excluding carboxylic acids is 2. The Labute approximate surface area is 223 Å². The number of fused-ring (bicyclic) bond motifs is 10. The van der Waals surface area contributed by atoms with E-state index >= 15 is 0 Å². The van der Waals surface area contributed by atoms with Crippen molar-refractivity contribution < 1.29 is 19.1 Å². The Morgan fingerprint density at radius 3 is 2.33 bits per heavy atom. The van der Waals surface area contributed by atoms with E-state index < -0.39 is 0 Å². The van der Waals surface area contributed by atoms with Crippen LogP contribution in [0.15, 0.2) is 79.4 Å². The molecule has 7 rings (SSSR count). The first-order valence-corrected chi connectivity index (χ1v) is 12.7. The molecule has 7 heteroatoms. The van der Waals surface area contributed by atoms with Gasteiger partial charge < -0.3 is 19.0 Å². The fraction of sp³-hybridized carbons (Fsp3) is 0.125. The first-order chi connectivity index (χ1) is 19.1. The summed E-state index contributed by atoms with van der Waals surface area (Å²) in [5.41, 5.74) is 5.23. The zero-order valence-corrected chi connectivity index (χ0v) is 21.6. The van der Waals surface area contributed by atoms with Crippen molar-refractivity contribution in [3.8, 4) is 11.5 Å². The standard InChI is InChI=1S/C32H25N3O4/c1-4-15-34-23-12-8-6-10-21(23)26-28-27(25-20-9-5-7-11-22(20)33-29(25)30(26)34)31(36)35(32(28)37)17-18-13-14-19(38-2)16-24(18)39-3/h4-14,16,33H,1,15,17H2,2-3H3. The fourth-order valence-corrected chi connectivity index (χ4v) is 6.05. The molecule has 0 saturated carbocycles. The lowest BCUT2D eigenvalue weighted by atomic mass is 9.97. The van der Waals surface area contributed by atoms with E-state index in [-0.39, 0.29) is 18.4 Å². The molecule has 2 aromatic heterocycles. The zero-order chi connectivity index (χ0) is 26.8. The molecule has 1 N–H and O–H groups in total. The van der Waals surface area contributed by atoms with Gasteiger partial charge in [0, 0.05) is 50.8 Å². The van der Waals surface area contributed by atoms with Crippen LogP contribution in [0.3, 0.4) is 0 Å². The number of ether oxygens (including phenoxy) is 2. The molecule has 1 aliphatic rings. The summed E-state index contributed by atoms with van der Waals surface area (Å²) in [4.78, 5) is 33.4. The van der Waals surface area contributed by atoms with Crippen LogP contribution in [0.4, 0.5) is 0 Å². The minimum Gasteiger partial charge on any atom is -0.497 e. The number of methoxy groups -OCH3 is 2. The van der Waals surface area contributed by atoms with E-state index in [2.05, 4.69) is 16.1 Å². The van der Waals surface area contributed by atoms with Crippen LogP contribution in [0.5, 0.6) is 11.5 Å². The Balaban J connectivity index is 1.56. The molecule has 1 aliphatic heterocycles. The minimum atomic E-state index is -0.315. The Morgan fingerprint density at radius 1 is 0.872 bits per heavy atom. The maximum absolute atomic E-state index is 14.3. The molecule has 7 nitrogen and oxygen atoms in total. The molecule has 6 aromatic rings. The second-order valence-electron chi connectivity index (χ2n) is 9.68. The Morgan fingerprint density at radius 2 is 1.59 bits per heavy atom. The van der Waals surface area contributed by atoms with E-state index in [1.807, 2.05) is 60.7 Å². The highest BCUT2D eigenvalue weighted by atomic mass is 16.5. The lowest BCUT2D eigenvalue weighted by Crippen LogP contribution is -2.29. The third-order valence-electron chi connectivity index (χ3n) is 7.72. The van der Waals surface area contributed by atoms with Gasteiger partial charge in [-0.05, 0) is 24.3 Å². The van der Waals surface area contributed by atoms with Gasteiger partial charge in [0.1, 0.15) is 11.5 Å². The van der Waals surface area contributed by atoms with Crippen molar-refractivity contribution in [2.75, 3.05) is 14.2 Å². The lowest BCUT2D eigenvalue weighted by molar-refractivity contribution is 0.0642. The number of aromatic amines is 1. The van der Waals surface area contributed by atoms with Gasteiger partial charge in [0.05, 0.1) is 42.9 Å². The molecule has 0 atom stereocenters. The Bertz CT molecular complexity index is 2010. The van der Waals surface area contributed by atoms with Crippen LogP contribution in [-0.2, 0) is 13.1 Å².